The van der Waals surface area contributed by atoms with Gasteiger partial charge < -0.3 is 5.11 Å². The van der Waals surface area contributed by atoms with E-state index in [1.54, 1.807) is 18.4 Å². The van der Waals surface area contributed by atoms with Gasteiger partial charge in [0.05, 0.1) is 0 Å². The number of nitrogens with zero attached hydrogens (tertiary/aromatic N) is 1. The molecule has 0 radical (unpaired) electrons. The molecule has 0 fully saturated rings. The lowest BCUT2D eigenvalue weighted by atomic mass is 9.97. The molecule has 0 saturated carbocycles. The molecule has 0 saturated heterocycles. The first kappa shape index (κ1) is 22.2. The van der Waals surface area contributed by atoms with Crippen LogP contribution < -0.4 is 0 Å². The van der Waals surface area contributed by atoms with E-state index in [0.29, 0.717) is 0 Å². The van der Waals surface area contributed by atoms with Crippen molar-refractivity contribution in [3.05, 3.63) is 89.5 Å². The lowest BCUT2D eigenvalue weighted by Crippen LogP contribution is -1.97. The Morgan fingerprint density at radius 3 is 1.64 bits per heavy atom. The lowest BCUT2D eigenvalue weighted by Gasteiger charge is -2.07. The van der Waals surface area contributed by atoms with E-state index in [1.165, 1.54) is 6.08 Å². The summed E-state index contributed by atoms with van der Waals surface area (Å²) in [4.78, 5) is 10.9. The summed E-state index contributed by atoms with van der Waals surface area (Å²) in [5.74, 6) is -1.23. The highest BCUT2D eigenvalue weighted by atomic mass is 32.1. The highest BCUT2D eigenvalue weighted by Gasteiger charge is 2.06. The van der Waals surface area contributed by atoms with Gasteiger partial charge in [-0.2, -0.15) is 17.9 Å². The molecule has 2 rings (SSSR count). The van der Waals surface area contributed by atoms with Crippen molar-refractivity contribution in [2.75, 3.05) is 6.26 Å². The highest BCUT2D eigenvalue weighted by Crippen LogP contribution is 2.23. The highest BCUT2D eigenvalue weighted by molar-refractivity contribution is 7.79. The van der Waals surface area contributed by atoms with Crippen molar-refractivity contribution in [2.45, 2.75) is 13.8 Å². The Kier molecular flexibility index (Phi) is 12.1. The zero-order valence-corrected chi connectivity index (χ0v) is 15.6. The molecule has 130 valence electrons. The summed E-state index contributed by atoms with van der Waals surface area (Å²) in [6.07, 6.45) is 4.69. The minimum Gasteiger partial charge on any atom is -0.477 e. The van der Waals surface area contributed by atoms with E-state index in [9.17, 15) is 4.79 Å². The molecule has 2 aromatic rings. The Balaban J connectivity index is 0.00000134. The average molecular weight is 353 g/mol. The number of carboxylic acid groups (broad SMARTS) is 1. The van der Waals surface area contributed by atoms with Gasteiger partial charge in [0, 0.05) is 0 Å². The molecule has 0 amide bonds. The van der Waals surface area contributed by atoms with Crippen LogP contribution in [-0.4, -0.2) is 17.3 Å². The van der Waals surface area contributed by atoms with E-state index in [2.05, 4.69) is 12.6 Å². The standard InChI is InChI=1S/C18H13NO2.C2H6.CH4S/c19-13-16(18(20)21)11-12-17(14-7-3-1-4-8-14)15-9-5-2-6-10-15;2*1-2/h1-12H,(H,20,21);1-2H3;2H,1H3/b16-11+;;. The minimum atomic E-state index is -1.23. The predicted octanol–water partition coefficient (Wildman–Crippen LogP) is 5.23. The Morgan fingerprint density at radius 1 is 0.920 bits per heavy atom. The van der Waals surface area contributed by atoms with E-state index in [0.717, 1.165) is 16.7 Å². The number of hydrogen-bond acceptors (Lipinski definition) is 3. The summed E-state index contributed by atoms with van der Waals surface area (Å²) in [7, 11) is 0. The minimum absolute atomic E-state index is 0.292. The second-order valence-electron chi connectivity index (χ2n) is 4.31. The average Bonchev–Trinajstić information content (AvgIpc) is 2.69. The van der Waals surface area contributed by atoms with Crippen LogP contribution in [0.4, 0.5) is 0 Å². The number of allylic oxidation sites excluding steroid dienone is 2. The van der Waals surface area contributed by atoms with Crippen molar-refractivity contribution in [2.24, 2.45) is 0 Å². The molecule has 0 aliphatic carbocycles. The molecule has 0 atom stereocenters. The summed E-state index contributed by atoms with van der Waals surface area (Å²) in [6, 6.07) is 20.9. The quantitative estimate of drug-likeness (QED) is 0.343. The molecule has 1 N–H and O–H groups in total. The summed E-state index contributed by atoms with van der Waals surface area (Å²) in [5, 5.41) is 17.7. The van der Waals surface area contributed by atoms with Crippen LogP contribution in [0.3, 0.4) is 0 Å². The fraction of sp³-hybridized carbons (Fsp3) is 0.143. The van der Waals surface area contributed by atoms with Crippen LogP contribution >= 0.6 is 12.6 Å². The van der Waals surface area contributed by atoms with Crippen molar-refractivity contribution in [1.82, 2.24) is 0 Å². The third-order valence-electron chi connectivity index (χ3n) is 2.94. The second kappa shape index (κ2) is 13.6. The van der Waals surface area contributed by atoms with Gasteiger partial charge in [-0.05, 0) is 29.0 Å². The molecule has 3 nitrogen and oxygen atoms in total. The smallest absolute Gasteiger partial charge is 0.346 e. The van der Waals surface area contributed by atoms with E-state index in [4.69, 9.17) is 10.4 Å². The molecule has 0 bridgehead atoms. The first-order chi connectivity index (χ1) is 12.2. The zero-order valence-electron chi connectivity index (χ0n) is 14.7. The Morgan fingerprint density at radius 2 is 1.32 bits per heavy atom. The zero-order chi connectivity index (χ0) is 19.1. The van der Waals surface area contributed by atoms with Crippen LogP contribution in [0.5, 0.6) is 0 Å². The fourth-order valence-corrected chi connectivity index (χ4v) is 1.92. The van der Waals surface area contributed by atoms with Gasteiger partial charge in [0.2, 0.25) is 0 Å². The van der Waals surface area contributed by atoms with Crippen LogP contribution in [0.25, 0.3) is 5.57 Å². The van der Waals surface area contributed by atoms with Gasteiger partial charge in [-0.25, -0.2) is 4.79 Å². The van der Waals surface area contributed by atoms with E-state index >= 15 is 0 Å². The van der Waals surface area contributed by atoms with Crippen LogP contribution in [0.15, 0.2) is 78.4 Å². The number of thiol groups is 1. The molecule has 0 unspecified atom stereocenters. The van der Waals surface area contributed by atoms with Crippen molar-refractivity contribution >= 4 is 24.2 Å². The van der Waals surface area contributed by atoms with Gasteiger partial charge in [-0.1, -0.05) is 80.6 Å². The van der Waals surface area contributed by atoms with Crippen molar-refractivity contribution in [3.8, 4) is 6.07 Å². The second-order valence-corrected chi connectivity index (χ2v) is 4.31. The van der Waals surface area contributed by atoms with Gasteiger partial charge in [-0.15, -0.1) is 0 Å². The molecule has 0 aliphatic heterocycles. The van der Waals surface area contributed by atoms with Gasteiger partial charge in [0.25, 0.3) is 0 Å². The first-order valence-electron chi connectivity index (χ1n) is 7.83. The van der Waals surface area contributed by atoms with Gasteiger partial charge >= 0.3 is 5.97 Å². The molecule has 0 aliphatic rings. The third kappa shape index (κ3) is 7.56. The normalized spacial score (nSPS) is 9.32. The number of rotatable bonds is 4. The van der Waals surface area contributed by atoms with E-state index in [-0.39, 0.29) is 5.57 Å². The predicted molar refractivity (Wildman–Crippen MR) is 108 cm³/mol. The fourth-order valence-electron chi connectivity index (χ4n) is 1.92. The van der Waals surface area contributed by atoms with Gasteiger partial charge in [0.15, 0.2) is 0 Å². The number of aliphatic carboxylic acids is 1. The van der Waals surface area contributed by atoms with Crippen LogP contribution in [0.2, 0.25) is 0 Å². The van der Waals surface area contributed by atoms with Gasteiger partial charge in [-0.3, -0.25) is 0 Å². The maximum absolute atomic E-state index is 10.9. The van der Waals surface area contributed by atoms with Crippen LogP contribution in [0, 0.1) is 11.3 Å². The number of hydrogen-bond donors (Lipinski definition) is 2. The molecular formula is C21H23NO2S. The molecule has 2 aromatic carbocycles. The first-order valence-corrected chi connectivity index (χ1v) is 8.73. The molecule has 0 spiro atoms. The summed E-state index contributed by atoms with van der Waals surface area (Å²) in [5.41, 5.74) is 2.50. The number of benzene rings is 2. The molecular weight excluding hydrogens is 330 g/mol. The summed E-state index contributed by atoms with van der Waals surface area (Å²) >= 11 is 3.53. The maximum Gasteiger partial charge on any atom is 0.346 e. The Bertz CT molecular complexity index is 688. The monoisotopic (exact) mass is 353 g/mol. The van der Waals surface area contributed by atoms with E-state index < -0.39 is 5.97 Å². The molecule has 0 heterocycles. The lowest BCUT2D eigenvalue weighted by molar-refractivity contribution is -0.132. The summed E-state index contributed by atoms with van der Waals surface area (Å²) < 4.78 is 0. The largest absolute Gasteiger partial charge is 0.477 e. The number of carboxylic acids is 1. The van der Waals surface area contributed by atoms with Crippen molar-refractivity contribution < 1.29 is 9.90 Å². The van der Waals surface area contributed by atoms with Gasteiger partial charge in [0.1, 0.15) is 11.6 Å². The molecule has 0 aromatic heterocycles. The molecule has 4 heteroatoms. The molecule has 25 heavy (non-hydrogen) atoms. The van der Waals surface area contributed by atoms with Crippen LogP contribution in [0.1, 0.15) is 25.0 Å². The SMILES string of the molecule is CC.CS.N#C/C(=C\C=C(c1ccccc1)c1ccccc1)C(=O)O. The Hall–Kier alpha value is -2.77. The van der Waals surface area contributed by atoms with Crippen molar-refractivity contribution in [1.29, 1.82) is 5.26 Å². The third-order valence-corrected chi connectivity index (χ3v) is 2.94. The summed E-state index contributed by atoms with van der Waals surface area (Å²) in [6.45, 7) is 4.00. The topological polar surface area (TPSA) is 61.1 Å². The van der Waals surface area contributed by atoms with E-state index in [1.807, 2.05) is 74.5 Å². The maximum atomic E-state index is 10.9. The van der Waals surface area contributed by atoms with Crippen molar-refractivity contribution in [3.63, 3.8) is 0 Å². The number of carbonyl (C=O) groups is 1. The number of nitriles is 1. The Labute approximate surface area is 155 Å². The van der Waals surface area contributed by atoms with Crippen LogP contribution in [-0.2, 0) is 4.79 Å².